The molecule has 0 saturated heterocycles. The monoisotopic (exact) mass is 219 g/mol. The summed E-state index contributed by atoms with van der Waals surface area (Å²) >= 11 is 0. The largest absolute Gasteiger partial charge is 0.380 e. The highest BCUT2D eigenvalue weighted by atomic mass is 16.5. The summed E-state index contributed by atoms with van der Waals surface area (Å²) in [6.07, 6.45) is 2.65. The number of benzene rings is 1. The van der Waals surface area contributed by atoms with Gasteiger partial charge in [0.25, 0.3) is 0 Å². The van der Waals surface area contributed by atoms with Crippen molar-refractivity contribution in [1.29, 1.82) is 0 Å². The summed E-state index contributed by atoms with van der Waals surface area (Å²) < 4.78 is 5.20. The van der Waals surface area contributed by atoms with Gasteiger partial charge in [0.1, 0.15) is 0 Å². The lowest BCUT2D eigenvalue weighted by atomic mass is 9.82. The predicted octanol–water partition coefficient (Wildman–Crippen LogP) is 2.72. The van der Waals surface area contributed by atoms with Gasteiger partial charge in [-0.3, -0.25) is 0 Å². The summed E-state index contributed by atoms with van der Waals surface area (Å²) in [6.45, 7) is 3.99. The average Bonchev–Trinajstić information content (AvgIpc) is 2.25. The zero-order valence-electron chi connectivity index (χ0n) is 10.2. The molecule has 0 bridgehead atoms. The van der Waals surface area contributed by atoms with E-state index in [-0.39, 0.29) is 0 Å². The molecule has 1 aromatic carbocycles. The Bertz CT molecular complexity index is 331. The zero-order valence-corrected chi connectivity index (χ0v) is 10.2. The molecule has 2 heteroatoms. The van der Waals surface area contributed by atoms with E-state index in [1.165, 1.54) is 24.0 Å². The van der Waals surface area contributed by atoms with E-state index in [2.05, 4.69) is 36.5 Å². The fourth-order valence-electron chi connectivity index (χ4n) is 2.35. The molecule has 0 aromatic heterocycles. The van der Waals surface area contributed by atoms with E-state index in [0.717, 1.165) is 18.5 Å². The molecule has 0 heterocycles. The Morgan fingerprint density at radius 3 is 2.56 bits per heavy atom. The lowest BCUT2D eigenvalue weighted by Gasteiger charge is -2.33. The minimum absolute atomic E-state index is 0.707. The van der Waals surface area contributed by atoms with Crippen molar-refractivity contribution < 1.29 is 4.74 Å². The summed E-state index contributed by atoms with van der Waals surface area (Å²) in [7, 11) is 1.75. The fraction of sp³-hybridized carbons (Fsp3) is 0.571. The van der Waals surface area contributed by atoms with Crippen molar-refractivity contribution in [2.75, 3.05) is 7.11 Å². The first-order valence-corrected chi connectivity index (χ1v) is 6.08. The molecule has 1 fully saturated rings. The molecule has 88 valence electrons. The van der Waals surface area contributed by atoms with Crippen LogP contribution >= 0.6 is 0 Å². The van der Waals surface area contributed by atoms with Gasteiger partial charge in [-0.25, -0.2) is 0 Å². The molecule has 0 unspecified atom stereocenters. The average molecular weight is 219 g/mol. The molecule has 0 radical (unpaired) electrons. The van der Waals surface area contributed by atoms with Crippen LogP contribution in [0.2, 0.25) is 0 Å². The quantitative estimate of drug-likeness (QED) is 0.822. The molecule has 0 atom stereocenters. The van der Waals surface area contributed by atoms with Gasteiger partial charge in [0.05, 0.1) is 6.61 Å². The Hall–Kier alpha value is -0.860. The van der Waals surface area contributed by atoms with Gasteiger partial charge in [0, 0.05) is 19.7 Å². The summed E-state index contributed by atoms with van der Waals surface area (Å²) in [4.78, 5) is 0. The molecule has 0 amide bonds. The molecule has 2 rings (SSSR count). The number of hydrogen-bond acceptors (Lipinski definition) is 2. The second-order valence-corrected chi connectivity index (χ2v) is 4.86. The van der Waals surface area contributed by atoms with Gasteiger partial charge < -0.3 is 10.1 Å². The van der Waals surface area contributed by atoms with Crippen LogP contribution in [0.25, 0.3) is 0 Å². The number of ether oxygens (including phenoxy) is 1. The van der Waals surface area contributed by atoms with Crippen LogP contribution in [-0.2, 0) is 17.9 Å². The lowest BCUT2D eigenvalue weighted by Crippen LogP contribution is -2.39. The molecular weight excluding hydrogens is 198 g/mol. The topological polar surface area (TPSA) is 21.3 Å². The smallest absolute Gasteiger partial charge is 0.0716 e. The molecule has 1 aromatic rings. The highest BCUT2D eigenvalue weighted by Crippen LogP contribution is 2.26. The van der Waals surface area contributed by atoms with Gasteiger partial charge in [-0.1, -0.05) is 31.2 Å². The van der Waals surface area contributed by atoms with E-state index < -0.39 is 0 Å². The van der Waals surface area contributed by atoms with Gasteiger partial charge in [0.2, 0.25) is 0 Å². The minimum atomic E-state index is 0.707. The Kier molecular flexibility index (Phi) is 3.97. The minimum Gasteiger partial charge on any atom is -0.380 e. The number of methoxy groups -OCH3 is 1. The first-order chi connectivity index (χ1) is 7.79. The normalized spacial score (nSPS) is 24.1. The molecule has 0 aliphatic heterocycles. The lowest BCUT2D eigenvalue weighted by molar-refractivity contribution is 0.183. The summed E-state index contributed by atoms with van der Waals surface area (Å²) in [6, 6.07) is 9.22. The van der Waals surface area contributed by atoms with Gasteiger partial charge in [-0.15, -0.1) is 0 Å². The Labute approximate surface area is 98.0 Å². The number of nitrogens with one attached hydrogen (secondary N) is 1. The summed E-state index contributed by atoms with van der Waals surface area (Å²) in [5.41, 5.74) is 2.66. The van der Waals surface area contributed by atoms with Crippen molar-refractivity contribution >= 4 is 0 Å². The molecule has 0 spiro atoms. The first kappa shape index (κ1) is 11.6. The van der Waals surface area contributed by atoms with E-state index in [0.29, 0.717) is 6.61 Å². The van der Waals surface area contributed by atoms with E-state index in [9.17, 15) is 0 Å². The maximum Gasteiger partial charge on any atom is 0.0716 e. The van der Waals surface area contributed by atoms with Gasteiger partial charge in [0.15, 0.2) is 0 Å². The van der Waals surface area contributed by atoms with Crippen molar-refractivity contribution in [1.82, 2.24) is 5.32 Å². The van der Waals surface area contributed by atoms with Crippen LogP contribution in [0, 0.1) is 5.92 Å². The molecule has 1 saturated carbocycles. The molecule has 1 aliphatic carbocycles. The second-order valence-electron chi connectivity index (χ2n) is 4.86. The molecule has 1 N–H and O–H groups in total. The zero-order chi connectivity index (χ0) is 11.4. The highest BCUT2D eigenvalue weighted by Gasteiger charge is 2.24. The number of hydrogen-bond donors (Lipinski definition) is 1. The predicted molar refractivity (Wildman–Crippen MR) is 66.2 cm³/mol. The SMILES string of the molecule is COCc1ccccc1CNC1CC(C)C1. The van der Waals surface area contributed by atoms with E-state index in [4.69, 9.17) is 4.74 Å². The molecule has 1 aliphatic rings. The molecule has 16 heavy (non-hydrogen) atoms. The highest BCUT2D eigenvalue weighted by molar-refractivity contribution is 5.26. The summed E-state index contributed by atoms with van der Waals surface area (Å²) in [5.74, 6) is 0.909. The van der Waals surface area contributed by atoms with Crippen molar-refractivity contribution in [3.63, 3.8) is 0 Å². The van der Waals surface area contributed by atoms with Crippen molar-refractivity contribution in [3.05, 3.63) is 35.4 Å². The third-order valence-electron chi connectivity index (χ3n) is 3.37. The molecule has 2 nitrogen and oxygen atoms in total. The summed E-state index contributed by atoms with van der Waals surface area (Å²) in [5, 5.41) is 3.61. The molecular formula is C14H21NO. The maximum absolute atomic E-state index is 5.20. The van der Waals surface area contributed by atoms with E-state index in [1.807, 2.05) is 0 Å². The second kappa shape index (κ2) is 5.46. The fourth-order valence-corrected chi connectivity index (χ4v) is 2.35. The van der Waals surface area contributed by atoms with Gasteiger partial charge >= 0.3 is 0 Å². The maximum atomic E-state index is 5.20. The van der Waals surface area contributed by atoms with Crippen LogP contribution in [0.4, 0.5) is 0 Å². The Morgan fingerprint density at radius 2 is 1.94 bits per heavy atom. The first-order valence-electron chi connectivity index (χ1n) is 6.08. The van der Waals surface area contributed by atoms with Crippen LogP contribution in [0.5, 0.6) is 0 Å². The standard InChI is InChI=1S/C14H21NO/c1-11-7-14(8-11)15-9-12-5-3-4-6-13(12)10-16-2/h3-6,11,14-15H,7-10H2,1-2H3. The van der Waals surface area contributed by atoms with Crippen LogP contribution < -0.4 is 5.32 Å². The Morgan fingerprint density at radius 1 is 1.25 bits per heavy atom. The van der Waals surface area contributed by atoms with Crippen molar-refractivity contribution in [3.8, 4) is 0 Å². The third kappa shape index (κ3) is 2.83. The third-order valence-corrected chi connectivity index (χ3v) is 3.37. The van der Waals surface area contributed by atoms with Crippen LogP contribution in [0.3, 0.4) is 0 Å². The Balaban J connectivity index is 1.87. The van der Waals surface area contributed by atoms with E-state index >= 15 is 0 Å². The van der Waals surface area contributed by atoms with Gasteiger partial charge in [-0.2, -0.15) is 0 Å². The van der Waals surface area contributed by atoms with Gasteiger partial charge in [-0.05, 0) is 29.9 Å². The van der Waals surface area contributed by atoms with Crippen LogP contribution in [-0.4, -0.2) is 13.2 Å². The van der Waals surface area contributed by atoms with Crippen LogP contribution in [0.15, 0.2) is 24.3 Å². The number of rotatable bonds is 5. The van der Waals surface area contributed by atoms with E-state index in [1.54, 1.807) is 7.11 Å². The van der Waals surface area contributed by atoms with Crippen LogP contribution in [0.1, 0.15) is 30.9 Å². The van der Waals surface area contributed by atoms with Crippen molar-refractivity contribution in [2.24, 2.45) is 5.92 Å². The van der Waals surface area contributed by atoms with Crippen molar-refractivity contribution in [2.45, 2.75) is 39.0 Å².